The molecular weight excluding hydrogens is 234 g/mol. The van der Waals surface area contributed by atoms with Gasteiger partial charge in [-0.25, -0.2) is 0 Å². The van der Waals surface area contributed by atoms with E-state index in [0.29, 0.717) is 18.9 Å². The molecule has 0 spiro atoms. The van der Waals surface area contributed by atoms with Crippen LogP contribution < -0.4 is 10.5 Å². The lowest BCUT2D eigenvalue weighted by Crippen LogP contribution is -2.10. The van der Waals surface area contributed by atoms with Crippen LogP contribution in [0.5, 0.6) is 5.75 Å². The number of nitrogens with two attached hydrogens (primary N) is 1. The Kier molecular flexibility index (Phi) is 6.08. The van der Waals surface area contributed by atoms with E-state index in [1.165, 1.54) is 11.8 Å². The number of hydrogen-bond donors (Lipinski definition) is 1. The number of thioether (sulfide) groups is 1. The lowest BCUT2D eigenvalue weighted by atomic mass is 10.2. The van der Waals surface area contributed by atoms with Gasteiger partial charge in [0.15, 0.2) is 5.12 Å². The van der Waals surface area contributed by atoms with Crippen LogP contribution in [-0.4, -0.2) is 18.3 Å². The van der Waals surface area contributed by atoms with E-state index in [0.717, 1.165) is 11.3 Å². The maximum absolute atomic E-state index is 11.4. The van der Waals surface area contributed by atoms with E-state index in [1.54, 1.807) is 0 Å². The van der Waals surface area contributed by atoms with Crippen LogP contribution >= 0.6 is 11.8 Å². The molecule has 0 aliphatic heterocycles. The Morgan fingerprint density at radius 3 is 2.53 bits per heavy atom. The molecule has 0 aliphatic carbocycles. The summed E-state index contributed by atoms with van der Waals surface area (Å²) in [6, 6.07) is 7.77. The molecule has 4 heteroatoms. The molecule has 0 atom stereocenters. The van der Waals surface area contributed by atoms with Crippen molar-refractivity contribution in [3.05, 3.63) is 29.8 Å². The number of rotatable bonds is 6. The third-order valence-corrected chi connectivity index (χ3v) is 3.40. The molecule has 1 rings (SSSR count). The van der Waals surface area contributed by atoms with Crippen molar-refractivity contribution >= 4 is 16.9 Å². The lowest BCUT2D eigenvalue weighted by Gasteiger charge is -2.06. The Bertz CT molecular complexity index is 349. The number of carbonyl (C=O) groups is 1. The minimum atomic E-state index is 0.0900. The SMILES string of the molecule is CC(C)C(=O)SCc1ccc(OCCN)cc1. The second kappa shape index (κ2) is 7.35. The summed E-state index contributed by atoms with van der Waals surface area (Å²) in [6.07, 6.45) is 0. The molecule has 0 amide bonds. The Hall–Kier alpha value is -1.00. The molecular formula is C13H19NO2S. The van der Waals surface area contributed by atoms with Crippen molar-refractivity contribution < 1.29 is 9.53 Å². The smallest absolute Gasteiger partial charge is 0.191 e. The van der Waals surface area contributed by atoms with Crippen molar-refractivity contribution in [3.63, 3.8) is 0 Å². The van der Waals surface area contributed by atoms with Gasteiger partial charge in [-0.3, -0.25) is 4.79 Å². The third kappa shape index (κ3) is 5.24. The molecule has 2 N–H and O–H groups in total. The van der Waals surface area contributed by atoms with E-state index in [2.05, 4.69) is 0 Å². The fourth-order valence-electron chi connectivity index (χ4n) is 1.18. The number of carbonyl (C=O) groups excluding carboxylic acids is 1. The normalized spacial score (nSPS) is 10.6. The highest BCUT2D eigenvalue weighted by molar-refractivity contribution is 8.13. The van der Waals surface area contributed by atoms with E-state index in [-0.39, 0.29) is 11.0 Å². The number of hydrogen-bond acceptors (Lipinski definition) is 4. The van der Waals surface area contributed by atoms with E-state index in [1.807, 2.05) is 38.1 Å². The highest BCUT2D eigenvalue weighted by Crippen LogP contribution is 2.19. The van der Waals surface area contributed by atoms with Crippen molar-refractivity contribution in [3.8, 4) is 5.75 Å². The first-order chi connectivity index (χ1) is 8.13. The fourth-order valence-corrected chi connectivity index (χ4v) is 2.01. The van der Waals surface area contributed by atoms with Crippen LogP contribution in [-0.2, 0) is 10.5 Å². The van der Waals surface area contributed by atoms with Crippen molar-refractivity contribution in [1.29, 1.82) is 0 Å². The van der Waals surface area contributed by atoms with Gasteiger partial charge < -0.3 is 10.5 Å². The van der Waals surface area contributed by atoms with Gasteiger partial charge in [-0.15, -0.1) is 0 Å². The van der Waals surface area contributed by atoms with Crippen LogP contribution in [0.3, 0.4) is 0 Å². The number of benzene rings is 1. The molecule has 0 saturated heterocycles. The summed E-state index contributed by atoms with van der Waals surface area (Å²) in [6.45, 7) is 4.87. The Morgan fingerprint density at radius 2 is 2.00 bits per heavy atom. The second-order valence-electron chi connectivity index (χ2n) is 4.04. The Balaban J connectivity index is 2.42. The highest BCUT2D eigenvalue weighted by atomic mass is 32.2. The zero-order valence-corrected chi connectivity index (χ0v) is 11.1. The van der Waals surface area contributed by atoms with Gasteiger partial charge in [0.1, 0.15) is 12.4 Å². The van der Waals surface area contributed by atoms with Crippen LogP contribution in [0.2, 0.25) is 0 Å². The molecule has 0 bridgehead atoms. The van der Waals surface area contributed by atoms with E-state index in [9.17, 15) is 4.79 Å². The Labute approximate surface area is 107 Å². The second-order valence-corrected chi connectivity index (χ2v) is 5.02. The zero-order valence-electron chi connectivity index (χ0n) is 10.3. The summed E-state index contributed by atoms with van der Waals surface area (Å²) < 4.78 is 5.38. The minimum Gasteiger partial charge on any atom is -0.492 e. The molecule has 0 radical (unpaired) electrons. The van der Waals surface area contributed by atoms with E-state index >= 15 is 0 Å². The molecule has 0 fully saturated rings. The van der Waals surface area contributed by atoms with Crippen molar-refractivity contribution in [2.75, 3.05) is 13.2 Å². The maximum atomic E-state index is 11.4. The first-order valence-corrected chi connectivity index (χ1v) is 6.70. The fraction of sp³-hybridized carbons (Fsp3) is 0.462. The highest BCUT2D eigenvalue weighted by Gasteiger charge is 2.07. The van der Waals surface area contributed by atoms with Gasteiger partial charge in [-0.1, -0.05) is 37.7 Å². The van der Waals surface area contributed by atoms with Crippen LogP contribution in [0.25, 0.3) is 0 Å². The average Bonchev–Trinajstić information content (AvgIpc) is 2.34. The van der Waals surface area contributed by atoms with Gasteiger partial charge >= 0.3 is 0 Å². The van der Waals surface area contributed by atoms with Gasteiger partial charge in [0.2, 0.25) is 0 Å². The van der Waals surface area contributed by atoms with Crippen LogP contribution in [0.1, 0.15) is 19.4 Å². The molecule has 0 heterocycles. The van der Waals surface area contributed by atoms with Crippen LogP contribution in [0.4, 0.5) is 0 Å². The molecule has 0 saturated carbocycles. The van der Waals surface area contributed by atoms with Crippen molar-refractivity contribution in [2.45, 2.75) is 19.6 Å². The largest absolute Gasteiger partial charge is 0.492 e. The molecule has 17 heavy (non-hydrogen) atoms. The molecule has 94 valence electrons. The first-order valence-electron chi connectivity index (χ1n) is 5.72. The average molecular weight is 253 g/mol. The quantitative estimate of drug-likeness (QED) is 0.846. The summed E-state index contributed by atoms with van der Waals surface area (Å²) in [5, 5.41) is 0.230. The summed E-state index contributed by atoms with van der Waals surface area (Å²) >= 11 is 1.36. The van der Waals surface area contributed by atoms with Crippen molar-refractivity contribution in [1.82, 2.24) is 0 Å². The molecule has 0 aromatic heterocycles. The van der Waals surface area contributed by atoms with Crippen molar-refractivity contribution in [2.24, 2.45) is 11.7 Å². The summed E-state index contributed by atoms with van der Waals surface area (Å²) in [5.74, 6) is 1.63. The minimum absolute atomic E-state index is 0.0900. The summed E-state index contributed by atoms with van der Waals surface area (Å²) in [7, 11) is 0. The molecule has 0 unspecified atom stereocenters. The van der Waals surface area contributed by atoms with Crippen LogP contribution in [0, 0.1) is 5.92 Å². The summed E-state index contributed by atoms with van der Waals surface area (Å²) in [5.41, 5.74) is 6.48. The monoisotopic (exact) mass is 253 g/mol. The lowest BCUT2D eigenvalue weighted by molar-refractivity contribution is -0.113. The van der Waals surface area contributed by atoms with Gasteiger partial charge in [0.05, 0.1) is 0 Å². The predicted octanol–water partition coefficient (Wildman–Crippen LogP) is 2.44. The van der Waals surface area contributed by atoms with Gasteiger partial charge in [0, 0.05) is 18.2 Å². The van der Waals surface area contributed by atoms with Gasteiger partial charge in [-0.05, 0) is 17.7 Å². The van der Waals surface area contributed by atoms with E-state index < -0.39 is 0 Å². The van der Waals surface area contributed by atoms with E-state index in [4.69, 9.17) is 10.5 Å². The molecule has 3 nitrogen and oxygen atoms in total. The predicted molar refractivity (Wildman–Crippen MR) is 72.1 cm³/mol. The van der Waals surface area contributed by atoms with Gasteiger partial charge in [0.25, 0.3) is 0 Å². The summed E-state index contributed by atoms with van der Waals surface area (Å²) in [4.78, 5) is 11.4. The maximum Gasteiger partial charge on any atom is 0.191 e. The zero-order chi connectivity index (χ0) is 12.7. The number of ether oxygens (including phenoxy) is 1. The topological polar surface area (TPSA) is 52.3 Å². The molecule has 0 aliphatic rings. The van der Waals surface area contributed by atoms with Crippen LogP contribution in [0.15, 0.2) is 24.3 Å². The standard InChI is InChI=1S/C13H19NO2S/c1-10(2)13(15)17-9-11-3-5-12(6-4-11)16-8-7-14/h3-6,10H,7-9,14H2,1-2H3. The first kappa shape index (κ1) is 14.1. The van der Waals surface area contributed by atoms with Gasteiger partial charge in [-0.2, -0.15) is 0 Å². The molecule has 1 aromatic rings. The molecule has 1 aromatic carbocycles. The Morgan fingerprint density at radius 1 is 1.35 bits per heavy atom. The third-order valence-electron chi connectivity index (χ3n) is 2.16.